The van der Waals surface area contributed by atoms with E-state index >= 15 is 0 Å². The number of amides is 2. The molecule has 0 spiro atoms. The molecule has 0 aliphatic carbocycles. The number of carbonyl (C=O) groups excluding carboxylic acids is 5. The molecule has 0 aromatic rings. The maximum Gasteiger partial charge on any atom is 0.337 e. The molecule has 0 bridgehead atoms. The summed E-state index contributed by atoms with van der Waals surface area (Å²) in [5.41, 5.74) is 3.58. The summed E-state index contributed by atoms with van der Waals surface area (Å²) < 4.78 is 34.3. The van der Waals surface area contributed by atoms with Crippen LogP contribution in [-0.2, 0) is 43.6 Å². The number of rotatable bonds is 11. The molecule has 0 saturated heterocycles. The van der Waals surface area contributed by atoms with Crippen LogP contribution in [0.1, 0.15) is 61.3 Å². The maximum atomic E-state index is 11.1. The Morgan fingerprint density at radius 3 is 1.62 bits per heavy atom. The van der Waals surface area contributed by atoms with Crippen LogP contribution in [0.5, 0.6) is 0 Å². The zero-order valence-electron chi connectivity index (χ0n) is 24.3. The number of nitrogens with two attached hydrogens (primary N) is 1. The number of Topliss-reactive ketones (excluding diaryl/α,β-unsaturated/α-hetero) is 2. The molecule has 0 aromatic carbocycles. The smallest absolute Gasteiger partial charge is 0.337 e. The van der Waals surface area contributed by atoms with E-state index < -0.39 is 45.2 Å². The molecule has 2 amide bonds. The predicted molar refractivity (Wildman–Crippen MR) is 153 cm³/mol. The van der Waals surface area contributed by atoms with E-state index in [1.54, 1.807) is 0 Å². The van der Waals surface area contributed by atoms with Crippen LogP contribution < -0.4 is 11.1 Å². The third kappa shape index (κ3) is 59.3. The first-order chi connectivity index (χ1) is 18.0. The van der Waals surface area contributed by atoms with Crippen molar-refractivity contribution in [3.8, 4) is 0 Å². The minimum absolute atomic E-state index is 0.0449. The first-order valence-corrected chi connectivity index (χ1v) is 13.1. The molecule has 5 N–H and O–H groups in total. The summed E-state index contributed by atoms with van der Waals surface area (Å²) in [6.07, 6.45) is 5.79. The molecular weight excluding hydrogens is 548 g/mol. The third-order valence-electron chi connectivity index (χ3n) is 2.81. The van der Waals surface area contributed by atoms with Gasteiger partial charge in [0.2, 0.25) is 11.8 Å². The van der Waals surface area contributed by atoms with Gasteiger partial charge in [-0.15, -0.1) is 0 Å². The van der Waals surface area contributed by atoms with Crippen LogP contribution in [0.25, 0.3) is 0 Å². The standard InChI is InChI=1S/C10H14O4.C7H13NO4S.C3H5NO.2C3H6O/c1-3-4-7-14-10(13)8(2)5-6-9(11)12;1-4-6(9)8-7(2,3)5-13(10,11)12;1-2-3(4)5;2*1-3(2)4/h5-6H,2-4,7H2,1H3,(H,11,12);4H,1,5H2,2-3H3,(H,8,9)(H,10,11,12);2H,1H2,(H2,4,5);2*1-2H3. The summed E-state index contributed by atoms with van der Waals surface area (Å²) in [5, 5.41) is 10.6. The molecule has 0 aliphatic rings. The lowest BCUT2D eigenvalue weighted by Gasteiger charge is -2.23. The number of carbonyl (C=O) groups is 6. The highest BCUT2D eigenvalue weighted by Gasteiger charge is 2.25. The minimum Gasteiger partial charge on any atom is -0.478 e. The van der Waals surface area contributed by atoms with Crippen LogP contribution in [0.2, 0.25) is 0 Å². The van der Waals surface area contributed by atoms with Gasteiger partial charge in [-0.2, -0.15) is 8.42 Å². The van der Waals surface area contributed by atoms with Crippen LogP contribution in [0.15, 0.2) is 49.6 Å². The van der Waals surface area contributed by atoms with Crippen molar-refractivity contribution in [2.45, 2.75) is 66.8 Å². The van der Waals surface area contributed by atoms with Crippen molar-refractivity contribution in [1.29, 1.82) is 0 Å². The molecule has 13 nitrogen and oxygen atoms in total. The number of ether oxygens (including phenoxy) is 1. The SMILES string of the molecule is C=C(C=CC(=O)O)C(=O)OCCCC.C=CC(=O)NC(C)(C)CS(=O)(=O)O.C=CC(N)=O.CC(C)=O.CC(C)=O. The summed E-state index contributed by atoms with van der Waals surface area (Å²) in [4.78, 5) is 60.3. The molecule has 0 rings (SSSR count). The summed E-state index contributed by atoms with van der Waals surface area (Å²) in [7, 11) is -4.08. The van der Waals surface area contributed by atoms with Crippen LogP contribution in [0.3, 0.4) is 0 Å². The molecule has 0 aromatic heterocycles. The fourth-order valence-corrected chi connectivity index (χ4v) is 2.50. The predicted octanol–water partition coefficient (Wildman–Crippen LogP) is 2.33. The average Bonchev–Trinajstić information content (AvgIpc) is 2.75. The van der Waals surface area contributed by atoms with Gasteiger partial charge in [0, 0.05) is 6.08 Å². The Morgan fingerprint density at radius 2 is 1.35 bits per heavy atom. The second-order valence-corrected chi connectivity index (χ2v) is 9.87. The maximum absolute atomic E-state index is 11.1. The zero-order valence-corrected chi connectivity index (χ0v) is 25.1. The van der Waals surface area contributed by atoms with Gasteiger partial charge in [-0.1, -0.05) is 33.1 Å². The molecule has 0 saturated carbocycles. The summed E-state index contributed by atoms with van der Waals surface area (Å²) in [5.74, 6) is -2.85. The van der Waals surface area contributed by atoms with Crippen LogP contribution >= 0.6 is 0 Å². The molecule has 230 valence electrons. The molecular formula is C26H44N2O11S. The highest BCUT2D eigenvalue weighted by molar-refractivity contribution is 7.85. The number of aliphatic carboxylic acids is 1. The van der Waals surface area contributed by atoms with Gasteiger partial charge < -0.3 is 30.5 Å². The molecule has 14 heteroatoms. The first-order valence-electron chi connectivity index (χ1n) is 11.5. The van der Waals surface area contributed by atoms with Gasteiger partial charge in [0.15, 0.2) is 0 Å². The quantitative estimate of drug-likeness (QED) is 0.0895. The van der Waals surface area contributed by atoms with Crippen molar-refractivity contribution in [2.24, 2.45) is 5.73 Å². The van der Waals surface area contributed by atoms with Crippen LogP contribution in [-0.4, -0.2) is 71.3 Å². The monoisotopic (exact) mass is 592 g/mol. The highest BCUT2D eigenvalue weighted by Crippen LogP contribution is 2.05. The number of carboxylic acid groups (broad SMARTS) is 1. The summed E-state index contributed by atoms with van der Waals surface area (Å²) in [6, 6.07) is 0. The van der Waals surface area contributed by atoms with Crippen LogP contribution in [0.4, 0.5) is 0 Å². The lowest BCUT2D eigenvalue weighted by Crippen LogP contribution is -2.47. The number of ketones is 2. The summed E-state index contributed by atoms with van der Waals surface area (Å²) >= 11 is 0. The fraction of sp³-hybridized carbons (Fsp3) is 0.462. The fourth-order valence-electron chi connectivity index (χ4n) is 1.52. The number of esters is 1. The Labute approximate surface area is 237 Å². The molecule has 0 aliphatic heterocycles. The van der Waals surface area contributed by atoms with Crippen LogP contribution in [0, 0.1) is 0 Å². The highest BCUT2D eigenvalue weighted by atomic mass is 32.2. The second kappa shape index (κ2) is 26.7. The number of carboxylic acids is 1. The molecule has 0 radical (unpaired) electrons. The Hall–Kier alpha value is -3.91. The van der Waals surface area contributed by atoms with Crippen molar-refractivity contribution in [3.63, 3.8) is 0 Å². The van der Waals surface area contributed by atoms with Gasteiger partial charge in [0.05, 0.1) is 23.5 Å². The molecule has 0 unspecified atom stereocenters. The van der Waals surface area contributed by atoms with Gasteiger partial charge in [-0.05, 0) is 66.2 Å². The topological polar surface area (TPSA) is 224 Å². The van der Waals surface area contributed by atoms with E-state index in [0.717, 1.165) is 37.1 Å². The number of hydrogen-bond acceptors (Lipinski definition) is 9. The Morgan fingerprint density at radius 1 is 0.950 bits per heavy atom. The van der Waals surface area contributed by atoms with Crippen molar-refractivity contribution in [3.05, 3.63) is 49.6 Å². The first kappa shape index (κ1) is 46.0. The minimum atomic E-state index is -4.08. The van der Waals surface area contributed by atoms with E-state index in [1.807, 2.05) is 6.92 Å². The Balaban J connectivity index is -0.000000143. The van der Waals surface area contributed by atoms with Gasteiger partial charge >= 0.3 is 11.9 Å². The number of hydrogen-bond donors (Lipinski definition) is 4. The zero-order chi connectivity index (χ0) is 33.1. The van der Waals surface area contributed by atoms with Crippen molar-refractivity contribution >= 4 is 45.4 Å². The lowest BCUT2D eigenvalue weighted by molar-refractivity contribution is -0.138. The van der Waals surface area contributed by atoms with E-state index in [9.17, 15) is 37.2 Å². The van der Waals surface area contributed by atoms with Gasteiger partial charge in [0.25, 0.3) is 10.1 Å². The largest absolute Gasteiger partial charge is 0.478 e. The van der Waals surface area contributed by atoms with E-state index in [2.05, 4.69) is 30.8 Å². The average molecular weight is 593 g/mol. The number of unbranched alkanes of at least 4 members (excludes halogenated alkanes) is 1. The normalized spacial score (nSPS) is 9.60. The van der Waals surface area contributed by atoms with Gasteiger partial charge in [0.1, 0.15) is 11.6 Å². The molecule has 0 fully saturated rings. The second-order valence-electron chi connectivity index (χ2n) is 8.41. The molecule has 40 heavy (non-hydrogen) atoms. The van der Waals surface area contributed by atoms with Gasteiger partial charge in [-0.25, -0.2) is 9.59 Å². The van der Waals surface area contributed by atoms with E-state index in [1.165, 1.54) is 41.5 Å². The Bertz CT molecular complexity index is 976. The summed E-state index contributed by atoms with van der Waals surface area (Å²) in [6.45, 7) is 21.1. The number of nitrogens with one attached hydrogen (secondary N) is 1. The lowest BCUT2D eigenvalue weighted by atomic mass is 10.1. The van der Waals surface area contributed by atoms with E-state index in [-0.39, 0.29) is 17.1 Å². The number of primary amides is 1. The van der Waals surface area contributed by atoms with E-state index in [4.69, 9.17) is 14.4 Å². The van der Waals surface area contributed by atoms with Crippen molar-refractivity contribution in [1.82, 2.24) is 5.32 Å². The van der Waals surface area contributed by atoms with Crippen molar-refractivity contribution in [2.75, 3.05) is 12.4 Å². The Kier molecular flexibility index (Phi) is 30.7. The third-order valence-corrected chi connectivity index (χ3v) is 3.90. The van der Waals surface area contributed by atoms with Gasteiger partial charge in [-0.3, -0.25) is 14.1 Å². The molecule has 0 heterocycles. The molecule has 0 atom stereocenters. The van der Waals surface area contributed by atoms with E-state index in [0.29, 0.717) is 6.61 Å². The van der Waals surface area contributed by atoms with Crippen molar-refractivity contribution < 1.29 is 51.6 Å².